The standard InChI is InChI=1S/C16H26N2O2/c1-19-15-4-6-16(7-5-15)20-12-11-18-10-2-3-14(13-18)8-9-17/h4-7,14H,2-3,8-13,17H2,1H3. The zero-order valence-corrected chi connectivity index (χ0v) is 12.4. The third-order valence-electron chi connectivity index (χ3n) is 3.91. The largest absolute Gasteiger partial charge is 0.497 e. The number of hydrogen-bond acceptors (Lipinski definition) is 4. The van der Waals surface area contributed by atoms with Gasteiger partial charge in [0.05, 0.1) is 7.11 Å². The molecular weight excluding hydrogens is 252 g/mol. The van der Waals surface area contributed by atoms with Crippen LogP contribution >= 0.6 is 0 Å². The van der Waals surface area contributed by atoms with E-state index in [1.807, 2.05) is 24.3 Å². The minimum Gasteiger partial charge on any atom is -0.497 e. The number of methoxy groups -OCH3 is 1. The molecule has 1 fully saturated rings. The second kappa shape index (κ2) is 8.12. The first-order valence-corrected chi connectivity index (χ1v) is 7.51. The molecule has 1 aliphatic heterocycles. The lowest BCUT2D eigenvalue weighted by Gasteiger charge is -2.32. The molecule has 4 nitrogen and oxygen atoms in total. The maximum atomic E-state index is 5.78. The van der Waals surface area contributed by atoms with Gasteiger partial charge in [0, 0.05) is 13.1 Å². The van der Waals surface area contributed by atoms with Crippen molar-refractivity contribution in [2.24, 2.45) is 11.7 Å². The highest BCUT2D eigenvalue weighted by Gasteiger charge is 2.18. The Hall–Kier alpha value is -1.26. The van der Waals surface area contributed by atoms with E-state index in [-0.39, 0.29) is 0 Å². The molecule has 0 spiro atoms. The van der Waals surface area contributed by atoms with Crippen LogP contribution in [0.5, 0.6) is 11.5 Å². The lowest BCUT2D eigenvalue weighted by Crippen LogP contribution is -2.38. The van der Waals surface area contributed by atoms with Gasteiger partial charge in [0.1, 0.15) is 18.1 Å². The van der Waals surface area contributed by atoms with Crippen molar-refractivity contribution in [3.63, 3.8) is 0 Å². The second-order valence-electron chi connectivity index (χ2n) is 5.41. The molecule has 2 rings (SSSR count). The number of benzene rings is 1. The number of nitrogens with zero attached hydrogens (tertiary/aromatic N) is 1. The van der Waals surface area contributed by atoms with Gasteiger partial charge in [-0.1, -0.05) is 0 Å². The van der Waals surface area contributed by atoms with Crippen LogP contribution in [0.4, 0.5) is 0 Å². The van der Waals surface area contributed by atoms with E-state index in [4.69, 9.17) is 15.2 Å². The maximum Gasteiger partial charge on any atom is 0.119 e. The van der Waals surface area contributed by atoms with E-state index < -0.39 is 0 Å². The number of piperidine rings is 1. The van der Waals surface area contributed by atoms with E-state index in [0.717, 1.165) is 43.5 Å². The monoisotopic (exact) mass is 278 g/mol. The summed E-state index contributed by atoms with van der Waals surface area (Å²) in [6, 6.07) is 7.75. The lowest BCUT2D eigenvalue weighted by atomic mass is 9.95. The molecule has 1 aromatic carbocycles. The molecule has 1 unspecified atom stereocenters. The summed E-state index contributed by atoms with van der Waals surface area (Å²) in [5.41, 5.74) is 5.65. The maximum absolute atomic E-state index is 5.78. The van der Waals surface area contributed by atoms with Crippen LogP contribution in [-0.2, 0) is 0 Å². The van der Waals surface area contributed by atoms with Gasteiger partial charge in [-0.25, -0.2) is 0 Å². The summed E-state index contributed by atoms with van der Waals surface area (Å²) in [5.74, 6) is 2.54. The molecule has 0 bridgehead atoms. The zero-order valence-electron chi connectivity index (χ0n) is 12.4. The van der Waals surface area contributed by atoms with Gasteiger partial charge in [0.15, 0.2) is 0 Å². The predicted molar refractivity (Wildman–Crippen MR) is 81.3 cm³/mol. The first kappa shape index (κ1) is 15.1. The van der Waals surface area contributed by atoms with E-state index in [0.29, 0.717) is 0 Å². The average Bonchev–Trinajstić information content (AvgIpc) is 2.49. The Balaban J connectivity index is 1.69. The van der Waals surface area contributed by atoms with E-state index >= 15 is 0 Å². The number of nitrogens with two attached hydrogens (primary N) is 1. The normalized spacial score (nSPS) is 19.8. The Bertz CT molecular complexity index is 379. The highest BCUT2D eigenvalue weighted by molar-refractivity contribution is 5.31. The first-order chi connectivity index (χ1) is 9.81. The van der Waals surface area contributed by atoms with Crippen molar-refractivity contribution < 1.29 is 9.47 Å². The van der Waals surface area contributed by atoms with Crippen LogP contribution in [0, 0.1) is 5.92 Å². The van der Waals surface area contributed by atoms with E-state index in [2.05, 4.69) is 4.90 Å². The first-order valence-electron chi connectivity index (χ1n) is 7.51. The fraction of sp³-hybridized carbons (Fsp3) is 0.625. The van der Waals surface area contributed by atoms with Gasteiger partial charge in [-0.15, -0.1) is 0 Å². The molecular formula is C16H26N2O2. The molecule has 20 heavy (non-hydrogen) atoms. The predicted octanol–water partition coefficient (Wildman–Crippen LogP) is 2.13. The quantitative estimate of drug-likeness (QED) is 0.830. The van der Waals surface area contributed by atoms with Gasteiger partial charge in [-0.05, 0) is 62.5 Å². The molecule has 2 N–H and O–H groups in total. The Labute approximate surface area is 121 Å². The van der Waals surface area contributed by atoms with Gasteiger partial charge < -0.3 is 15.2 Å². The molecule has 0 aliphatic carbocycles. The van der Waals surface area contributed by atoms with Gasteiger partial charge in [-0.2, -0.15) is 0 Å². The van der Waals surface area contributed by atoms with Crippen LogP contribution < -0.4 is 15.2 Å². The van der Waals surface area contributed by atoms with Crippen molar-refractivity contribution in [1.29, 1.82) is 0 Å². The molecule has 0 aromatic heterocycles. The SMILES string of the molecule is COc1ccc(OCCN2CCCC(CCN)C2)cc1. The fourth-order valence-corrected chi connectivity index (χ4v) is 2.79. The van der Waals surface area contributed by atoms with Crippen molar-refractivity contribution in [3.8, 4) is 11.5 Å². The van der Waals surface area contributed by atoms with Crippen molar-refractivity contribution in [2.45, 2.75) is 19.3 Å². The minimum absolute atomic E-state index is 0.738. The fourth-order valence-electron chi connectivity index (χ4n) is 2.79. The minimum atomic E-state index is 0.738. The van der Waals surface area contributed by atoms with Crippen LogP contribution in [0.15, 0.2) is 24.3 Å². The third-order valence-corrected chi connectivity index (χ3v) is 3.91. The topological polar surface area (TPSA) is 47.7 Å². The van der Waals surface area contributed by atoms with Gasteiger partial charge >= 0.3 is 0 Å². The average molecular weight is 278 g/mol. The Morgan fingerprint density at radius 3 is 2.70 bits per heavy atom. The molecule has 1 saturated heterocycles. The molecule has 0 radical (unpaired) electrons. The molecule has 0 amide bonds. The summed E-state index contributed by atoms with van der Waals surface area (Å²) < 4.78 is 10.9. The summed E-state index contributed by atoms with van der Waals surface area (Å²) in [4.78, 5) is 2.49. The number of ether oxygens (including phenoxy) is 2. The van der Waals surface area contributed by atoms with Crippen molar-refractivity contribution in [1.82, 2.24) is 4.90 Å². The van der Waals surface area contributed by atoms with Crippen LogP contribution in [0.3, 0.4) is 0 Å². The number of likely N-dealkylation sites (tertiary alicyclic amines) is 1. The zero-order chi connectivity index (χ0) is 14.2. The van der Waals surface area contributed by atoms with E-state index in [1.54, 1.807) is 7.11 Å². The summed E-state index contributed by atoms with van der Waals surface area (Å²) >= 11 is 0. The van der Waals surface area contributed by atoms with Crippen LogP contribution in [0.1, 0.15) is 19.3 Å². The summed E-state index contributed by atoms with van der Waals surface area (Å²) in [6.07, 6.45) is 3.76. The van der Waals surface area contributed by atoms with Crippen LogP contribution in [0.2, 0.25) is 0 Å². The number of hydrogen-bond donors (Lipinski definition) is 1. The number of rotatable bonds is 7. The summed E-state index contributed by atoms with van der Waals surface area (Å²) in [5, 5.41) is 0. The molecule has 1 atom stereocenters. The lowest BCUT2D eigenvalue weighted by molar-refractivity contribution is 0.144. The molecule has 1 heterocycles. The summed E-state index contributed by atoms with van der Waals surface area (Å²) in [7, 11) is 1.67. The molecule has 4 heteroatoms. The van der Waals surface area contributed by atoms with Gasteiger partial charge in [-0.3, -0.25) is 4.90 Å². The van der Waals surface area contributed by atoms with Crippen molar-refractivity contribution in [2.75, 3.05) is 39.9 Å². The van der Waals surface area contributed by atoms with Gasteiger partial charge in [0.25, 0.3) is 0 Å². The van der Waals surface area contributed by atoms with Crippen LogP contribution in [0.25, 0.3) is 0 Å². The molecule has 0 saturated carbocycles. The van der Waals surface area contributed by atoms with Gasteiger partial charge in [0.2, 0.25) is 0 Å². The van der Waals surface area contributed by atoms with E-state index in [9.17, 15) is 0 Å². The Kier molecular flexibility index (Phi) is 6.15. The second-order valence-corrected chi connectivity index (χ2v) is 5.41. The van der Waals surface area contributed by atoms with Crippen molar-refractivity contribution >= 4 is 0 Å². The highest BCUT2D eigenvalue weighted by atomic mass is 16.5. The highest BCUT2D eigenvalue weighted by Crippen LogP contribution is 2.19. The molecule has 1 aromatic rings. The van der Waals surface area contributed by atoms with Crippen LogP contribution in [-0.4, -0.2) is 44.8 Å². The van der Waals surface area contributed by atoms with E-state index in [1.165, 1.54) is 25.9 Å². The Morgan fingerprint density at radius 2 is 2.00 bits per heavy atom. The molecule has 112 valence electrons. The van der Waals surface area contributed by atoms with Crippen molar-refractivity contribution in [3.05, 3.63) is 24.3 Å². The summed E-state index contributed by atoms with van der Waals surface area (Å²) in [6.45, 7) is 4.89. The Morgan fingerprint density at radius 1 is 1.25 bits per heavy atom. The molecule has 1 aliphatic rings. The third kappa shape index (κ3) is 4.69. The smallest absolute Gasteiger partial charge is 0.119 e.